The number of guanidine groups is 1. The second-order valence-electron chi connectivity index (χ2n) is 6.43. The summed E-state index contributed by atoms with van der Waals surface area (Å²) in [7, 11) is 1.89. The van der Waals surface area contributed by atoms with Crippen molar-refractivity contribution in [1.82, 2.24) is 10.2 Å². The average Bonchev–Trinajstić information content (AvgIpc) is 2.96. The zero-order chi connectivity index (χ0) is 14.6. The van der Waals surface area contributed by atoms with Crippen molar-refractivity contribution in [2.75, 3.05) is 26.7 Å². The van der Waals surface area contributed by atoms with Crippen molar-refractivity contribution < 1.29 is 0 Å². The molecule has 0 amide bonds. The largest absolute Gasteiger partial charge is 0.355 e. The van der Waals surface area contributed by atoms with Crippen molar-refractivity contribution in [3.05, 3.63) is 22.4 Å². The summed E-state index contributed by atoms with van der Waals surface area (Å²) in [4.78, 5) is 8.27. The van der Waals surface area contributed by atoms with Crippen LogP contribution in [0.15, 0.2) is 22.5 Å². The van der Waals surface area contributed by atoms with Crippen molar-refractivity contribution in [2.24, 2.45) is 10.9 Å². The van der Waals surface area contributed by atoms with Crippen molar-refractivity contribution in [1.29, 1.82) is 0 Å². The summed E-state index contributed by atoms with van der Waals surface area (Å²) in [5.41, 5.74) is 0.146. The van der Waals surface area contributed by atoms with Gasteiger partial charge in [0.05, 0.1) is 0 Å². The molecule has 1 aromatic rings. The summed E-state index contributed by atoms with van der Waals surface area (Å²) in [6, 6.07) is 4.35. The molecule has 0 radical (unpaired) electrons. The molecule has 1 aromatic heterocycles. The summed E-state index contributed by atoms with van der Waals surface area (Å²) in [5, 5.41) is 5.72. The fourth-order valence-electron chi connectivity index (χ4n) is 2.60. The fraction of sp³-hybridized carbons (Fsp3) is 0.688. The van der Waals surface area contributed by atoms with E-state index in [1.165, 1.54) is 17.7 Å². The number of nitrogens with zero attached hydrogens (tertiary/aromatic N) is 2. The van der Waals surface area contributed by atoms with Crippen molar-refractivity contribution in [3.63, 3.8) is 0 Å². The van der Waals surface area contributed by atoms with Crippen LogP contribution in [-0.2, 0) is 5.41 Å². The van der Waals surface area contributed by atoms with Gasteiger partial charge >= 0.3 is 0 Å². The average molecular weight is 293 g/mol. The summed E-state index contributed by atoms with van der Waals surface area (Å²) >= 11 is 1.83. The van der Waals surface area contributed by atoms with Crippen LogP contribution in [-0.4, -0.2) is 37.5 Å². The molecule has 2 heterocycles. The first-order chi connectivity index (χ1) is 9.53. The quantitative estimate of drug-likeness (QED) is 0.684. The van der Waals surface area contributed by atoms with Crippen molar-refractivity contribution >= 4 is 17.3 Å². The van der Waals surface area contributed by atoms with Gasteiger partial charge in [-0.25, -0.2) is 0 Å². The minimum absolute atomic E-state index is 0.146. The Labute approximate surface area is 127 Å². The molecule has 0 aliphatic carbocycles. The number of rotatable bonds is 3. The number of likely N-dealkylation sites (tertiary alicyclic amines) is 1. The molecule has 0 bridgehead atoms. The maximum absolute atomic E-state index is 4.46. The normalized spacial score (nSPS) is 18.4. The van der Waals surface area contributed by atoms with E-state index in [-0.39, 0.29) is 5.41 Å². The number of hydrogen-bond donors (Lipinski definition) is 1. The third kappa shape index (κ3) is 3.75. The molecule has 4 heteroatoms. The summed E-state index contributed by atoms with van der Waals surface area (Å²) < 4.78 is 0. The molecule has 1 saturated heterocycles. The highest BCUT2D eigenvalue weighted by Crippen LogP contribution is 2.26. The lowest BCUT2D eigenvalue weighted by Gasteiger charge is -2.34. The zero-order valence-corrected chi connectivity index (χ0v) is 14.0. The van der Waals surface area contributed by atoms with E-state index in [0.717, 1.165) is 31.5 Å². The molecule has 1 aliphatic heterocycles. The topological polar surface area (TPSA) is 27.6 Å². The molecule has 0 unspecified atom stereocenters. The van der Waals surface area contributed by atoms with Crippen LogP contribution in [0, 0.1) is 5.92 Å². The van der Waals surface area contributed by atoms with Crippen LogP contribution in [0.1, 0.15) is 38.5 Å². The van der Waals surface area contributed by atoms with E-state index in [1.807, 2.05) is 18.4 Å². The Hall–Kier alpha value is -1.03. The van der Waals surface area contributed by atoms with Gasteiger partial charge in [0.15, 0.2) is 5.96 Å². The van der Waals surface area contributed by atoms with E-state index < -0.39 is 0 Å². The second kappa shape index (κ2) is 6.61. The molecule has 1 N–H and O–H groups in total. The highest BCUT2D eigenvalue weighted by atomic mass is 32.1. The van der Waals surface area contributed by atoms with Gasteiger partial charge in [-0.3, -0.25) is 4.99 Å². The minimum Gasteiger partial charge on any atom is -0.355 e. The Morgan fingerprint density at radius 1 is 1.45 bits per heavy atom. The van der Waals surface area contributed by atoms with Crippen molar-refractivity contribution in [2.45, 2.75) is 39.0 Å². The number of thiophene rings is 1. The third-order valence-corrected chi connectivity index (χ3v) is 5.41. The van der Waals surface area contributed by atoms with Crippen molar-refractivity contribution in [3.8, 4) is 0 Å². The van der Waals surface area contributed by atoms with Crippen LogP contribution in [0.4, 0.5) is 0 Å². The van der Waals surface area contributed by atoms with Gasteiger partial charge in [0.1, 0.15) is 0 Å². The molecule has 20 heavy (non-hydrogen) atoms. The predicted octanol–water partition coefficient (Wildman–Crippen LogP) is 3.33. The van der Waals surface area contributed by atoms with Gasteiger partial charge in [0.25, 0.3) is 0 Å². The number of aliphatic imine (C=N–C) groups is 1. The molecule has 112 valence electrons. The van der Waals surface area contributed by atoms with Crippen LogP contribution >= 0.6 is 11.3 Å². The van der Waals surface area contributed by atoms with Crippen LogP contribution in [0.3, 0.4) is 0 Å². The Bertz CT molecular complexity index is 429. The first-order valence-electron chi connectivity index (χ1n) is 7.52. The Kier molecular flexibility index (Phi) is 5.08. The van der Waals surface area contributed by atoms with E-state index in [4.69, 9.17) is 0 Å². The molecule has 3 nitrogen and oxygen atoms in total. The standard InChI is InChI=1S/C16H27N3S/c1-13-7-9-19(10-8-13)15(17-4)18-12-16(2,3)14-6-5-11-20-14/h5-6,11,13H,7-10,12H2,1-4H3,(H,17,18). The number of hydrogen-bond acceptors (Lipinski definition) is 2. The van der Waals surface area contributed by atoms with Crippen LogP contribution in [0.2, 0.25) is 0 Å². The lowest BCUT2D eigenvalue weighted by molar-refractivity contribution is 0.272. The molecule has 1 aliphatic rings. The van der Waals surface area contributed by atoms with Gasteiger partial charge in [0.2, 0.25) is 0 Å². The Balaban J connectivity index is 1.91. The molecule has 0 atom stereocenters. The predicted molar refractivity (Wildman–Crippen MR) is 88.7 cm³/mol. The molecular weight excluding hydrogens is 266 g/mol. The van der Waals surface area contributed by atoms with Gasteiger partial charge in [-0.05, 0) is 30.2 Å². The monoisotopic (exact) mass is 293 g/mol. The van der Waals surface area contributed by atoms with E-state index in [0.29, 0.717) is 0 Å². The number of nitrogens with one attached hydrogen (secondary N) is 1. The van der Waals surface area contributed by atoms with Gasteiger partial charge in [0, 0.05) is 37.0 Å². The zero-order valence-electron chi connectivity index (χ0n) is 13.1. The Morgan fingerprint density at radius 3 is 2.70 bits per heavy atom. The Morgan fingerprint density at radius 2 is 2.15 bits per heavy atom. The first-order valence-corrected chi connectivity index (χ1v) is 8.40. The lowest BCUT2D eigenvalue weighted by atomic mass is 9.91. The van der Waals surface area contributed by atoms with E-state index in [9.17, 15) is 0 Å². The van der Waals surface area contributed by atoms with E-state index >= 15 is 0 Å². The van der Waals surface area contributed by atoms with Crippen LogP contribution in [0.25, 0.3) is 0 Å². The van der Waals surface area contributed by atoms with Gasteiger partial charge in [-0.2, -0.15) is 0 Å². The fourth-order valence-corrected chi connectivity index (χ4v) is 3.46. The molecule has 0 spiro atoms. The van der Waals surface area contributed by atoms with E-state index in [2.05, 4.69) is 53.5 Å². The molecular formula is C16H27N3S. The number of piperidine rings is 1. The molecule has 2 rings (SSSR count). The summed E-state index contributed by atoms with van der Waals surface area (Å²) in [6.07, 6.45) is 2.55. The lowest BCUT2D eigenvalue weighted by Crippen LogP contribution is -2.48. The summed E-state index contributed by atoms with van der Waals surface area (Å²) in [5.74, 6) is 1.91. The third-order valence-electron chi connectivity index (χ3n) is 4.17. The molecule has 0 saturated carbocycles. The first kappa shape index (κ1) is 15.4. The van der Waals surface area contributed by atoms with Gasteiger partial charge < -0.3 is 10.2 Å². The summed E-state index contributed by atoms with van der Waals surface area (Å²) in [6.45, 7) is 10.1. The second-order valence-corrected chi connectivity index (χ2v) is 7.38. The smallest absolute Gasteiger partial charge is 0.193 e. The maximum Gasteiger partial charge on any atom is 0.193 e. The van der Waals surface area contributed by atoms with E-state index in [1.54, 1.807) is 0 Å². The molecule has 0 aromatic carbocycles. The minimum atomic E-state index is 0.146. The van der Waals surface area contributed by atoms with Crippen LogP contribution in [0.5, 0.6) is 0 Å². The van der Waals surface area contributed by atoms with Gasteiger partial charge in [-0.15, -0.1) is 11.3 Å². The highest BCUT2D eigenvalue weighted by Gasteiger charge is 2.24. The maximum atomic E-state index is 4.46. The molecule has 1 fully saturated rings. The van der Waals surface area contributed by atoms with Gasteiger partial charge in [-0.1, -0.05) is 26.8 Å². The van der Waals surface area contributed by atoms with Crippen LogP contribution < -0.4 is 5.32 Å². The highest BCUT2D eigenvalue weighted by molar-refractivity contribution is 7.10. The SMILES string of the molecule is CN=C(NCC(C)(C)c1cccs1)N1CCC(C)CC1.